The number of H-pyrrole nitrogens is 1. The summed E-state index contributed by atoms with van der Waals surface area (Å²) in [4.78, 5) is 58.7. The van der Waals surface area contributed by atoms with Crippen molar-refractivity contribution >= 4 is 29.7 Å². The third kappa shape index (κ3) is 10.4. The normalized spacial score (nSPS) is 14.3. The number of rotatable bonds is 14. The van der Waals surface area contributed by atoms with Crippen LogP contribution in [0.25, 0.3) is 0 Å². The first-order valence-electron chi connectivity index (χ1n) is 10.1. The Morgan fingerprint density at radius 3 is 2.42 bits per heavy atom. The summed E-state index contributed by atoms with van der Waals surface area (Å²) in [6.07, 6.45) is 2.16. The minimum absolute atomic E-state index is 0.0123. The maximum Gasteiger partial charge on any atom is 0.322 e. The van der Waals surface area contributed by atoms with Crippen molar-refractivity contribution in [1.29, 1.82) is 0 Å². The number of aliphatic imine (C=N–C) groups is 1. The van der Waals surface area contributed by atoms with Crippen LogP contribution in [0.15, 0.2) is 17.5 Å². The average Bonchev–Trinajstić information content (AvgIpc) is 3.25. The molecule has 1 heterocycles. The van der Waals surface area contributed by atoms with E-state index >= 15 is 0 Å². The molecule has 15 nitrogen and oxygen atoms in total. The van der Waals surface area contributed by atoms with Gasteiger partial charge < -0.3 is 48.3 Å². The van der Waals surface area contributed by atoms with Gasteiger partial charge in [0.1, 0.15) is 18.6 Å². The maximum absolute atomic E-state index is 12.9. The van der Waals surface area contributed by atoms with E-state index in [1.165, 1.54) is 19.4 Å². The molecule has 0 spiro atoms. The smallest absolute Gasteiger partial charge is 0.322 e. The van der Waals surface area contributed by atoms with Crippen LogP contribution in [0.4, 0.5) is 0 Å². The number of hydrogen-bond donors (Lipinski definition) is 9. The Hall–Kier alpha value is -3.72. The Morgan fingerprint density at radius 1 is 1.18 bits per heavy atom. The summed E-state index contributed by atoms with van der Waals surface area (Å²) in [6, 6.07) is -3.58. The van der Waals surface area contributed by atoms with Gasteiger partial charge in [0.05, 0.1) is 18.5 Å². The van der Waals surface area contributed by atoms with E-state index in [9.17, 15) is 24.3 Å². The van der Waals surface area contributed by atoms with Crippen molar-refractivity contribution < 1.29 is 29.4 Å². The number of imidazole rings is 1. The predicted molar refractivity (Wildman–Crippen MR) is 116 cm³/mol. The molecule has 1 aromatic heterocycles. The minimum atomic E-state index is -1.45. The van der Waals surface area contributed by atoms with Crippen molar-refractivity contribution in [3.05, 3.63) is 18.2 Å². The second kappa shape index (κ2) is 13.6. The van der Waals surface area contributed by atoms with E-state index in [4.69, 9.17) is 22.3 Å². The van der Waals surface area contributed by atoms with Crippen molar-refractivity contribution in [3.8, 4) is 0 Å². The number of hydrogen-bond acceptors (Lipinski definition) is 8. The number of aliphatic carboxylic acids is 1. The summed E-state index contributed by atoms with van der Waals surface area (Å²) < 4.78 is 0. The van der Waals surface area contributed by atoms with Gasteiger partial charge in [-0.15, -0.1) is 0 Å². The molecule has 33 heavy (non-hydrogen) atoms. The zero-order valence-corrected chi connectivity index (χ0v) is 18.2. The monoisotopic (exact) mass is 469 g/mol. The van der Waals surface area contributed by atoms with Crippen molar-refractivity contribution in [2.24, 2.45) is 22.2 Å². The molecule has 0 saturated heterocycles. The maximum atomic E-state index is 12.9. The van der Waals surface area contributed by atoms with Gasteiger partial charge in [-0.3, -0.25) is 24.2 Å². The number of nitrogens with zero attached hydrogens (tertiary/aromatic N) is 2. The number of amides is 3. The second-order valence-corrected chi connectivity index (χ2v) is 7.24. The number of carbonyl (C=O) groups excluding carboxylic acids is 3. The molecule has 1 rings (SSSR count). The number of aromatic amines is 1. The highest BCUT2D eigenvalue weighted by atomic mass is 16.4. The number of guanidine groups is 1. The number of aromatic nitrogens is 2. The predicted octanol–water partition coefficient (Wildman–Crippen LogP) is -4.12. The number of carboxylic acid groups (broad SMARTS) is 1. The zero-order valence-electron chi connectivity index (χ0n) is 18.2. The van der Waals surface area contributed by atoms with Gasteiger partial charge in [0.15, 0.2) is 5.96 Å². The van der Waals surface area contributed by atoms with E-state index in [0.717, 1.165) is 0 Å². The van der Waals surface area contributed by atoms with Crippen LogP contribution in [-0.2, 0) is 25.6 Å². The van der Waals surface area contributed by atoms with Gasteiger partial charge in [0.2, 0.25) is 17.7 Å². The second-order valence-electron chi connectivity index (χ2n) is 7.24. The molecule has 0 saturated carbocycles. The molecule has 0 aliphatic rings. The van der Waals surface area contributed by atoms with E-state index in [1.807, 2.05) is 0 Å². The van der Waals surface area contributed by atoms with Gasteiger partial charge in [0, 0.05) is 24.9 Å². The summed E-state index contributed by atoms with van der Waals surface area (Å²) in [5, 5.41) is 25.5. The van der Waals surface area contributed by atoms with E-state index in [1.54, 1.807) is 0 Å². The molecule has 0 aromatic carbocycles. The van der Waals surface area contributed by atoms with Crippen LogP contribution in [0.1, 0.15) is 25.5 Å². The highest BCUT2D eigenvalue weighted by Gasteiger charge is 2.31. The summed E-state index contributed by atoms with van der Waals surface area (Å²) in [7, 11) is 0. The fraction of sp³-hybridized carbons (Fsp3) is 0.556. The summed E-state index contributed by atoms with van der Waals surface area (Å²) in [5.74, 6) is -3.68. The topological polar surface area (TPSA) is 264 Å². The molecule has 1 aromatic rings. The lowest BCUT2D eigenvalue weighted by molar-refractivity contribution is -0.139. The quantitative estimate of drug-likeness (QED) is 0.0721. The molecular formula is C18H31N9O6. The first kappa shape index (κ1) is 27.3. The lowest BCUT2D eigenvalue weighted by Gasteiger charge is -2.25. The van der Waals surface area contributed by atoms with Gasteiger partial charge in [-0.2, -0.15) is 0 Å². The number of carbonyl (C=O) groups is 4. The first-order chi connectivity index (χ1) is 15.5. The lowest BCUT2D eigenvalue weighted by atomic mass is 10.1. The van der Waals surface area contributed by atoms with Crippen LogP contribution in [0.3, 0.4) is 0 Å². The molecule has 0 bridgehead atoms. The molecule has 0 fully saturated rings. The summed E-state index contributed by atoms with van der Waals surface area (Å²) in [5.41, 5.74) is 16.9. The van der Waals surface area contributed by atoms with E-state index in [2.05, 4.69) is 30.9 Å². The van der Waals surface area contributed by atoms with Crippen LogP contribution in [-0.4, -0.2) is 87.2 Å². The van der Waals surface area contributed by atoms with Crippen molar-refractivity contribution in [1.82, 2.24) is 25.9 Å². The molecular weight excluding hydrogens is 438 g/mol. The molecule has 4 atom stereocenters. The van der Waals surface area contributed by atoms with Crippen LogP contribution >= 0.6 is 0 Å². The Bertz CT molecular complexity index is 823. The molecule has 15 heteroatoms. The zero-order chi connectivity index (χ0) is 25.0. The number of nitrogens with one attached hydrogen (secondary N) is 4. The van der Waals surface area contributed by atoms with Gasteiger partial charge in [-0.25, -0.2) is 4.98 Å². The molecule has 0 aliphatic heterocycles. The van der Waals surface area contributed by atoms with Crippen LogP contribution in [0.2, 0.25) is 0 Å². The molecule has 12 N–H and O–H groups in total. The van der Waals surface area contributed by atoms with Gasteiger partial charge in [0.25, 0.3) is 0 Å². The molecule has 4 unspecified atom stereocenters. The lowest BCUT2D eigenvalue weighted by Crippen LogP contribution is -2.59. The Morgan fingerprint density at radius 2 is 1.88 bits per heavy atom. The van der Waals surface area contributed by atoms with Crippen molar-refractivity contribution in [2.75, 3.05) is 13.1 Å². The summed E-state index contributed by atoms with van der Waals surface area (Å²) in [6.45, 7) is 0.837. The third-order valence-corrected chi connectivity index (χ3v) is 4.39. The van der Waals surface area contributed by atoms with E-state index in [0.29, 0.717) is 12.1 Å². The standard InChI is InChI=1S/C18H31N9O6/c1-9(28)14(17(33)24-7-13(29)30)27-16(32)12(5-10-6-22-8-25-10)26-15(31)11(19)3-2-4-23-18(20)21/h6,8-9,11-12,14,28H,2-5,7,19H2,1H3,(H,22,25)(H,24,33)(H,26,31)(H,27,32)(H,29,30)(H4,20,21,23). The van der Waals surface area contributed by atoms with Crippen LogP contribution in [0, 0.1) is 0 Å². The van der Waals surface area contributed by atoms with E-state index < -0.39 is 54.5 Å². The minimum Gasteiger partial charge on any atom is -0.480 e. The molecule has 184 valence electrons. The molecule has 3 amide bonds. The SMILES string of the molecule is CC(O)C(NC(=O)C(Cc1cnc[nH]1)NC(=O)C(N)CCCN=C(N)N)C(=O)NCC(=O)O. The van der Waals surface area contributed by atoms with Gasteiger partial charge in [-0.1, -0.05) is 0 Å². The van der Waals surface area contributed by atoms with E-state index in [-0.39, 0.29) is 25.3 Å². The number of nitrogens with two attached hydrogens (primary N) is 3. The molecule has 0 aliphatic carbocycles. The summed E-state index contributed by atoms with van der Waals surface area (Å²) >= 11 is 0. The Labute approximate surface area is 189 Å². The van der Waals surface area contributed by atoms with Crippen molar-refractivity contribution in [3.63, 3.8) is 0 Å². The number of aliphatic hydroxyl groups excluding tert-OH is 1. The van der Waals surface area contributed by atoms with Gasteiger partial charge >= 0.3 is 5.97 Å². The van der Waals surface area contributed by atoms with Crippen LogP contribution < -0.4 is 33.2 Å². The highest BCUT2D eigenvalue weighted by Crippen LogP contribution is 2.03. The van der Waals surface area contributed by atoms with Gasteiger partial charge in [-0.05, 0) is 19.8 Å². The highest BCUT2D eigenvalue weighted by molar-refractivity contribution is 5.94. The Kier molecular flexibility index (Phi) is 11.3. The number of carboxylic acids is 1. The largest absolute Gasteiger partial charge is 0.480 e. The molecule has 0 radical (unpaired) electrons. The van der Waals surface area contributed by atoms with Crippen molar-refractivity contribution in [2.45, 2.75) is 50.4 Å². The van der Waals surface area contributed by atoms with Crippen LogP contribution in [0.5, 0.6) is 0 Å². The Balaban J connectivity index is 2.85. The third-order valence-electron chi connectivity index (χ3n) is 4.39. The fourth-order valence-corrected chi connectivity index (χ4v) is 2.69. The average molecular weight is 470 g/mol. The fourth-order valence-electron chi connectivity index (χ4n) is 2.69. The first-order valence-corrected chi connectivity index (χ1v) is 10.1. The number of aliphatic hydroxyl groups is 1.